The second-order valence-corrected chi connectivity index (χ2v) is 2.51. The average molecular weight is 179 g/mol. The van der Waals surface area contributed by atoms with E-state index < -0.39 is 0 Å². The molecule has 4 heteroatoms. The van der Waals surface area contributed by atoms with Gasteiger partial charge in [-0.15, -0.1) is 0 Å². The Bertz CT molecular complexity index is 178. The average Bonchev–Trinajstić information content (AvgIpc) is 1.85. The fourth-order valence-corrected chi connectivity index (χ4v) is 0.443. The van der Waals surface area contributed by atoms with Gasteiger partial charge in [-0.3, -0.25) is 0 Å². The third kappa shape index (κ3) is 5.66. The quantitative estimate of drug-likeness (QED) is 0.648. The Morgan fingerprint density at radius 3 is 2.50 bits per heavy atom. The van der Waals surface area contributed by atoms with Gasteiger partial charge in [-0.05, 0) is 19.2 Å². The molecule has 0 saturated heterocycles. The fourth-order valence-electron chi connectivity index (χ4n) is 0.273. The standard InChI is InChI=1S/C6H8Cl2N2/c1-5(7)4-10-6(8)2-3-9/h2-4H,9H2,1H3/b3-2?,5-4+,10-6?. The van der Waals surface area contributed by atoms with Gasteiger partial charge in [0, 0.05) is 11.2 Å². The van der Waals surface area contributed by atoms with E-state index in [1.54, 1.807) is 6.92 Å². The summed E-state index contributed by atoms with van der Waals surface area (Å²) >= 11 is 11.0. The normalized spacial score (nSPS) is 14.7. The Kier molecular flexibility index (Phi) is 5.08. The molecular weight excluding hydrogens is 171 g/mol. The molecule has 0 aliphatic heterocycles. The van der Waals surface area contributed by atoms with E-state index in [0.29, 0.717) is 10.2 Å². The predicted molar refractivity (Wildman–Crippen MR) is 46.2 cm³/mol. The molecule has 0 aromatic heterocycles. The van der Waals surface area contributed by atoms with Gasteiger partial charge in [0.2, 0.25) is 0 Å². The van der Waals surface area contributed by atoms with Crippen molar-refractivity contribution < 1.29 is 0 Å². The van der Waals surface area contributed by atoms with Gasteiger partial charge in [0.15, 0.2) is 0 Å². The summed E-state index contributed by atoms with van der Waals surface area (Å²) in [6.07, 6.45) is 4.23. The Morgan fingerprint density at radius 2 is 2.10 bits per heavy atom. The molecule has 2 N–H and O–H groups in total. The van der Waals surface area contributed by atoms with Crippen molar-refractivity contribution in [3.8, 4) is 0 Å². The van der Waals surface area contributed by atoms with Crippen LogP contribution >= 0.6 is 23.2 Å². The van der Waals surface area contributed by atoms with Crippen LogP contribution in [0.2, 0.25) is 0 Å². The van der Waals surface area contributed by atoms with Crippen molar-refractivity contribution in [1.29, 1.82) is 0 Å². The van der Waals surface area contributed by atoms with E-state index in [4.69, 9.17) is 28.9 Å². The van der Waals surface area contributed by atoms with E-state index in [2.05, 4.69) is 4.99 Å². The van der Waals surface area contributed by atoms with E-state index in [1.165, 1.54) is 18.5 Å². The van der Waals surface area contributed by atoms with Crippen LogP contribution in [0.15, 0.2) is 28.5 Å². The van der Waals surface area contributed by atoms with Gasteiger partial charge in [0.1, 0.15) is 5.17 Å². The van der Waals surface area contributed by atoms with Crippen molar-refractivity contribution >= 4 is 28.4 Å². The monoisotopic (exact) mass is 178 g/mol. The number of halogens is 2. The molecule has 56 valence electrons. The Labute approximate surface area is 70.0 Å². The predicted octanol–water partition coefficient (Wildman–Crippen LogP) is 2.20. The first kappa shape index (κ1) is 9.53. The number of nitrogens with two attached hydrogens (primary N) is 1. The molecular formula is C6H8Cl2N2. The maximum Gasteiger partial charge on any atom is 0.130 e. The topological polar surface area (TPSA) is 38.4 Å². The largest absolute Gasteiger partial charge is 0.405 e. The zero-order chi connectivity index (χ0) is 7.98. The van der Waals surface area contributed by atoms with Gasteiger partial charge in [-0.25, -0.2) is 4.99 Å². The lowest BCUT2D eigenvalue weighted by molar-refractivity contribution is 1.50. The highest BCUT2D eigenvalue weighted by molar-refractivity contribution is 6.68. The van der Waals surface area contributed by atoms with Crippen molar-refractivity contribution in [2.24, 2.45) is 10.7 Å². The molecule has 10 heavy (non-hydrogen) atoms. The summed E-state index contributed by atoms with van der Waals surface area (Å²) in [7, 11) is 0. The zero-order valence-electron chi connectivity index (χ0n) is 5.51. The van der Waals surface area contributed by atoms with Crippen LogP contribution in [0.3, 0.4) is 0 Å². The molecule has 0 atom stereocenters. The molecule has 0 saturated carbocycles. The second kappa shape index (κ2) is 5.33. The van der Waals surface area contributed by atoms with Crippen molar-refractivity contribution in [3.05, 3.63) is 23.5 Å². The van der Waals surface area contributed by atoms with Gasteiger partial charge in [0.25, 0.3) is 0 Å². The van der Waals surface area contributed by atoms with E-state index >= 15 is 0 Å². The van der Waals surface area contributed by atoms with Crippen LogP contribution in [0.5, 0.6) is 0 Å². The molecule has 0 spiro atoms. The van der Waals surface area contributed by atoms with Crippen LogP contribution in [0.25, 0.3) is 0 Å². The van der Waals surface area contributed by atoms with E-state index in [9.17, 15) is 0 Å². The Morgan fingerprint density at radius 1 is 1.50 bits per heavy atom. The summed E-state index contributed by atoms with van der Waals surface area (Å²) in [5, 5.41) is 0.881. The van der Waals surface area contributed by atoms with E-state index in [1.807, 2.05) is 0 Å². The van der Waals surface area contributed by atoms with Crippen LogP contribution in [-0.4, -0.2) is 5.17 Å². The van der Waals surface area contributed by atoms with Crippen LogP contribution < -0.4 is 5.73 Å². The molecule has 0 radical (unpaired) electrons. The van der Waals surface area contributed by atoms with Gasteiger partial charge in [0.05, 0.1) is 0 Å². The summed E-state index contributed by atoms with van der Waals surface area (Å²) in [6.45, 7) is 1.71. The molecule has 0 amide bonds. The summed E-state index contributed by atoms with van der Waals surface area (Å²) < 4.78 is 0. The second-order valence-electron chi connectivity index (χ2n) is 1.53. The van der Waals surface area contributed by atoms with Crippen molar-refractivity contribution in [1.82, 2.24) is 0 Å². The van der Waals surface area contributed by atoms with Crippen LogP contribution in [0.4, 0.5) is 0 Å². The summed E-state index contributed by atoms with van der Waals surface area (Å²) in [4.78, 5) is 3.73. The SMILES string of the molecule is C/C(Cl)=C\N=C(Cl)C=CN. The molecule has 0 bridgehead atoms. The lowest BCUT2D eigenvalue weighted by Crippen LogP contribution is -1.82. The van der Waals surface area contributed by atoms with Crippen LogP contribution in [-0.2, 0) is 0 Å². The van der Waals surface area contributed by atoms with Crippen LogP contribution in [0.1, 0.15) is 6.92 Å². The van der Waals surface area contributed by atoms with Crippen molar-refractivity contribution in [2.75, 3.05) is 0 Å². The highest BCUT2D eigenvalue weighted by Crippen LogP contribution is 1.99. The Balaban J connectivity index is 4.05. The van der Waals surface area contributed by atoms with E-state index in [-0.39, 0.29) is 0 Å². The summed E-state index contributed by atoms with van der Waals surface area (Å²) in [6, 6.07) is 0. The number of rotatable bonds is 2. The van der Waals surface area contributed by atoms with Gasteiger partial charge < -0.3 is 5.73 Å². The Hall–Kier alpha value is -0.470. The van der Waals surface area contributed by atoms with Crippen LogP contribution in [0, 0.1) is 0 Å². The lowest BCUT2D eigenvalue weighted by atomic mass is 10.6. The maximum atomic E-state index is 5.50. The first-order valence-electron chi connectivity index (χ1n) is 2.60. The number of aliphatic imine (C=N–C) groups is 1. The smallest absolute Gasteiger partial charge is 0.130 e. The number of allylic oxidation sites excluding steroid dienone is 2. The van der Waals surface area contributed by atoms with E-state index in [0.717, 1.165) is 0 Å². The van der Waals surface area contributed by atoms with Gasteiger partial charge >= 0.3 is 0 Å². The minimum absolute atomic E-state index is 0.308. The third-order valence-electron chi connectivity index (χ3n) is 0.600. The molecule has 0 aromatic carbocycles. The molecule has 0 rings (SSSR count). The minimum Gasteiger partial charge on any atom is -0.405 e. The molecule has 0 aliphatic carbocycles. The molecule has 0 aliphatic rings. The van der Waals surface area contributed by atoms with Crippen molar-refractivity contribution in [2.45, 2.75) is 6.92 Å². The molecule has 0 unspecified atom stereocenters. The first-order chi connectivity index (χ1) is 4.66. The van der Waals surface area contributed by atoms with Crippen molar-refractivity contribution in [3.63, 3.8) is 0 Å². The highest BCUT2D eigenvalue weighted by Gasteiger charge is 1.81. The molecule has 2 nitrogen and oxygen atoms in total. The van der Waals surface area contributed by atoms with Gasteiger partial charge in [-0.2, -0.15) is 0 Å². The fraction of sp³-hybridized carbons (Fsp3) is 0.167. The van der Waals surface area contributed by atoms with Gasteiger partial charge in [-0.1, -0.05) is 23.2 Å². The maximum absolute atomic E-state index is 5.50. The third-order valence-corrected chi connectivity index (χ3v) is 0.921. The summed E-state index contributed by atoms with van der Waals surface area (Å²) in [5.41, 5.74) is 5.04. The number of hydrogen-bond donors (Lipinski definition) is 1. The minimum atomic E-state index is 0.308. The highest BCUT2D eigenvalue weighted by atomic mass is 35.5. The molecule has 0 fully saturated rings. The summed E-state index contributed by atoms with van der Waals surface area (Å²) in [5.74, 6) is 0. The molecule has 0 aromatic rings. The lowest BCUT2D eigenvalue weighted by Gasteiger charge is -1.83. The molecule has 0 heterocycles. The first-order valence-corrected chi connectivity index (χ1v) is 3.36. The number of hydrogen-bond acceptors (Lipinski definition) is 2. The zero-order valence-corrected chi connectivity index (χ0v) is 7.02. The number of nitrogens with zero attached hydrogens (tertiary/aromatic N) is 1.